The number of rotatable bonds is 3. The molecular formula is C19H18FN3O2. The topological polar surface area (TPSA) is 62.1 Å². The van der Waals surface area contributed by atoms with Crippen LogP contribution < -0.4 is 5.56 Å². The van der Waals surface area contributed by atoms with E-state index in [4.69, 9.17) is 4.42 Å². The maximum Gasteiger partial charge on any atom is 0.256 e. The Kier molecular flexibility index (Phi) is 3.97. The van der Waals surface area contributed by atoms with E-state index in [9.17, 15) is 9.18 Å². The van der Waals surface area contributed by atoms with Crippen molar-refractivity contribution in [2.45, 2.75) is 26.4 Å². The van der Waals surface area contributed by atoms with Crippen molar-refractivity contribution in [2.75, 3.05) is 6.54 Å². The summed E-state index contributed by atoms with van der Waals surface area (Å²) in [6.07, 6.45) is 2.23. The van der Waals surface area contributed by atoms with Crippen molar-refractivity contribution in [3.05, 3.63) is 75.2 Å². The molecule has 5 nitrogen and oxygen atoms in total. The van der Waals surface area contributed by atoms with Crippen LogP contribution in [0.25, 0.3) is 11.6 Å². The molecular weight excluding hydrogens is 321 g/mol. The second-order valence-corrected chi connectivity index (χ2v) is 6.36. The Balaban J connectivity index is 1.57. The molecule has 1 aromatic carbocycles. The van der Waals surface area contributed by atoms with Gasteiger partial charge in [-0.2, -0.15) is 0 Å². The number of halogens is 1. The third-order valence-corrected chi connectivity index (χ3v) is 4.54. The van der Waals surface area contributed by atoms with Crippen molar-refractivity contribution in [3.8, 4) is 11.6 Å². The van der Waals surface area contributed by atoms with Gasteiger partial charge in [-0.3, -0.25) is 9.69 Å². The number of aryl methyl sites for hydroxylation is 1. The second kappa shape index (κ2) is 6.29. The first-order chi connectivity index (χ1) is 12.1. The lowest BCUT2D eigenvalue weighted by atomic mass is 10.1. The lowest BCUT2D eigenvalue weighted by Gasteiger charge is -2.27. The number of hydrogen-bond donors (Lipinski definition) is 1. The van der Waals surface area contributed by atoms with Crippen LogP contribution in [0.3, 0.4) is 0 Å². The van der Waals surface area contributed by atoms with Gasteiger partial charge in [-0.25, -0.2) is 9.37 Å². The first kappa shape index (κ1) is 15.8. The zero-order valence-electron chi connectivity index (χ0n) is 13.9. The van der Waals surface area contributed by atoms with Gasteiger partial charge in [-0.15, -0.1) is 0 Å². The van der Waals surface area contributed by atoms with Gasteiger partial charge in [0, 0.05) is 26.1 Å². The molecule has 2 aromatic heterocycles. The molecule has 0 saturated heterocycles. The van der Waals surface area contributed by atoms with Crippen molar-refractivity contribution in [1.29, 1.82) is 0 Å². The van der Waals surface area contributed by atoms with Crippen LogP contribution in [-0.2, 0) is 19.5 Å². The SMILES string of the molecule is Cc1ccc(CN2CCc3nc(-c4ccco4)[nH]c(=O)c3C2)cc1F. The van der Waals surface area contributed by atoms with E-state index in [2.05, 4.69) is 14.9 Å². The molecule has 0 unspecified atom stereocenters. The summed E-state index contributed by atoms with van der Waals surface area (Å²) >= 11 is 0. The largest absolute Gasteiger partial charge is 0.461 e. The third kappa shape index (κ3) is 3.13. The van der Waals surface area contributed by atoms with E-state index < -0.39 is 0 Å². The summed E-state index contributed by atoms with van der Waals surface area (Å²) in [4.78, 5) is 21.9. The molecule has 0 atom stereocenters. The van der Waals surface area contributed by atoms with E-state index in [1.165, 1.54) is 0 Å². The van der Waals surface area contributed by atoms with Crippen LogP contribution in [0.4, 0.5) is 4.39 Å². The Hall–Kier alpha value is -2.73. The summed E-state index contributed by atoms with van der Waals surface area (Å²) in [7, 11) is 0. The standard InChI is InChI=1S/C19H18FN3O2/c1-12-4-5-13(9-15(12)20)10-23-7-6-16-14(11-23)19(24)22-18(21-16)17-3-2-8-25-17/h2-5,8-9H,6-7,10-11H2,1H3,(H,21,22,24). The molecule has 128 valence electrons. The average Bonchev–Trinajstić information content (AvgIpc) is 3.13. The molecule has 3 aromatic rings. The molecule has 0 bridgehead atoms. The van der Waals surface area contributed by atoms with Gasteiger partial charge in [0.15, 0.2) is 11.6 Å². The fourth-order valence-electron chi connectivity index (χ4n) is 3.14. The van der Waals surface area contributed by atoms with E-state index in [1.54, 1.807) is 37.5 Å². The Morgan fingerprint density at radius 2 is 2.24 bits per heavy atom. The molecule has 0 saturated carbocycles. The minimum absolute atomic E-state index is 0.142. The summed E-state index contributed by atoms with van der Waals surface area (Å²) in [6, 6.07) is 8.80. The Labute approximate surface area is 144 Å². The summed E-state index contributed by atoms with van der Waals surface area (Å²) in [6.45, 7) is 3.64. The lowest BCUT2D eigenvalue weighted by molar-refractivity contribution is 0.241. The van der Waals surface area contributed by atoms with Gasteiger partial charge in [0.2, 0.25) is 0 Å². The van der Waals surface area contributed by atoms with E-state index in [1.807, 2.05) is 6.07 Å². The molecule has 25 heavy (non-hydrogen) atoms. The number of aromatic nitrogens is 2. The molecule has 1 N–H and O–H groups in total. The number of H-pyrrole nitrogens is 1. The highest BCUT2D eigenvalue weighted by atomic mass is 19.1. The van der Waals surface area contributed by atoms with Crippen molar-refractivity contribution < 1.29 is 8.81 Å². The van der Waals surface area contributed by atoms with E-state index in [0.717, 1.165) is 17.8 Å². The van der Waals surface area contributed by atoms with Crippen LogP contribution in [0, 0.1) is 12.7 Å². The normalized spacial score (nSPS) is 14.5. The monoisotopic (exact) mass is 339 g/mol. The van der Waals surface area contributed by atoms with E-state index >= 15 is 0 Å². The molecule has 1 aliphatic rings. The summed E-state index contributed by atoms with van der Waals surface area (Å²) in [5.41, 5.74) is 2.88. The summed E-state index contributed by atoms with van der Waals surface area (Å²) < 4.78 is 19.0. The molecule has 4 rings (SSSR count). The van der Waals surface area contributed by atoms with Gasteiger partial charge in [0.1, 0.15) is 5.82 Å². The van der Waals surface area contributed by atoms with Crippen molar-refractivity contribution in [2.24, 2.45) is 0 Å². The highest BCUT2D eigenvalue weighted by Gasteiger charge is 2.22. The van der Waals surface area contributed by atoms with Crippen molar-refractivity contribution >= 4 is 0 Å². The van der Waals surface area contributed by atoms with Gasteiger partial charge < -0.3 is 9.40 Å². The highest BCUT2D eigenvalue weighted by Crippen LogP contribution is 2.20. The van der Waals surface area contributed by atoms with Crippen molar-refractivity contribution in [1.82, 2.24) is 14.9 Å². The maximum atomic E-state index is 13.7. The van der Waals surface area contributed by atoms with Gasteiger partial charge in [0.25, 0.3) is 5.56 Å². The van der Waals surface area contributed by atoms with E-state index in [-0.39, 0.29) is 11.4 Å². The first-order valence-corrected chi connectivity index (χ1v) is 8.23. The van der Waals surface area contributed by atoms with Gasteiger partial charge in [-0.05, 0) is 36.2 Å². The number of nitrogens with one attached hydrogen (secondary N) is 1. The zero-order chi connectivity index (χ0) is 17.4. The zero-order valence-corrected chi connectivity index (χ0v) is 13.9. The number of nitrogens with zero attached hydrogens (tertiary/aromatic N) is 2. The molecule has 0 aliphatic carbocycles. The Bertz CT molecular complexity index is 963. The fourth-order valence-corrected chi connectivity index (χ4v) is 3.14. The molecule has 0 radical (unpaired) electrons. The summed E-state index contributed by atoms with van der Waals surface area (Å²) in [5, 5.41) is 0. The average molecular weight is 339 g/mol. The second-order valence-electron chi connectivity index (χ2n) is 6.36. The maximum absolute atomic E-state index is 13.7. The van der Waals surface area contributed by atoms with Crippen LogP contribution >= 0.6 is 0 Å². The smallest absolute Gasteiger partial charge is 0.256 e. The van der Waals surface area contributed by atoms with Crippen LogP contribution in [0.5, 0.6) is 0 Å². The first-order valence-electron chi connectivity index (χ1n) is 8.23. The van der Waals surface area contributed by atoms with Gasteiger partial charge >= 0.3 is 0 Å². The molecule has 1 aliphatic heterocycles. The molecule has 0 spiro atoms. The van der Waals surface area contributed by atoms with Gasteiger partial charge in [0.05, 0.1) is 17.5 Å². The Morgan fingerprint density at radius 3 is 3.00 bits per heavy atom. The van der Waals surface area contributed by atoms with Crippen LogP contribution in [0.15, 0.2) is 45.8 Å². The lowest BCUT2D eigenvalue weighted by Crippen LogP contribution is -2.35. The molecule has 3 heterocycles. The van der Waals surface area contributed by atoms with Crippen LogP contribution in [0.2, 0.25) is 0 Å². The molecule has 0 fully saturated rings. The molecule has 0 amide bonds. The van der Waals surface area contributed by atoms with E-state index in [0.29, 0.717) is 42.2 Å². The molecule has 6 heteroatoms. The highest BCUT2D eigenvalue weighted by molar-refractivity contribution is 5.47. The Morgan fingerprint density at radius 1 is 1.36 bits per heavy atom. The fraction of sp³-hybridized carbons (Fsp3) is 0.263. The number of aromatic amines is 1. The van der Waals surface area contributed by atoms with Gasteiger partial charge in [-0.1, -0.05) is 12.1 Å². The summed E-state index contributed by atoms with van der Waals surface area (Å²) in [5.74, 6) is 0.817. The number of hydrogen-bond acceptors (Lipinski definition) is 4. The van der Waals surface area contributed by atoms with Crippen LogP contribution in [-0.4, -0.2) is 21.4 Å². The predicted octanol–water partition coefficient (Wildman–Crippen LogP) is 3.04. The van der Waals surface area contributed by atoms with Crippen molar-refractivity contribution in [3.63, 3.8) is 0 Å². The minimum atomic E-state index is -0.197. The number of furan rings is 1. The van der Waals surface area contributed by atoms with Crippen LogP contribution in [0.1, 0.15) is 22.4 Å². The predicted molar refractivity (Wildman–Crippen MR) is 91.5 cm³/mol. The quantitative estimate of drug-likeness (QED) is 0.797. The number of benzene rings is 1. The number of fused-ring (bicyclic) bond motifs is 1. The third-order valence-electron chi connectivity index (χ3n) is 4.54. The minimum Gasteiger partial charge on any atom is -0.461 e.